The van der Waals surface area contributed by atoms with E-state index in [2.05, 4.69) is 5.10 Å². The van der Waals surface area contributed by atoms with E-state index in [0.29, 0.717) is 21.9 Å². The molecule has 0 aliphatic rings. The molecule has 0 aliphatic carbocycles. The minimum absolute atomic E-state index is 0.155. The summed E-state index contributed by atoms with van der Waals surface area (Å²) in [5, 5.41) is 4.43. The molecule has 0 radical (unpaired) electrons. The van der Waals surface area contributed by atoms with Crippen LogP contribution >= 0.6 is 35.3 Å². The minimum atomic E-state index is -0.404. The molecule has 0 bridgehead atoms. The van der Waals surface area contributed by atoms with Crippen LogP contribution in [-0.2, 0) is 4.74 Å². The number of hydrogen-bond acceptors (Lipinski definition) is 8. The number of thioether (sulfide) groups is 1. The van der Waals surface area contributed by atoms with Crippen molar-refractivity contribution in [2.75, 3.05) is 26.1 Å². The highest BCUT2D eigenvalue weighted by molar-refractivity contribution is 8.00. The zero-order valence-electron chi connectivity index (χ0n) is 16.0. The topological polar surface area (TPSA) is 62.6 Å². The van der Waals surface area contributed by atoms with Crippen LogP contribution in [0.3, 0.4) is 0 Å². The zero-order chi connectivity index (χ0) is 20.6. The third kappa shape index (κ3) is 5.81. The maximum atomic E-state index is 12.2. The van der Waals surface area contributed by atoms with Gasteiger partial charge in [-0.2, -0.15) is 0 Å². The van der Waals surface area contributed by atoms with Crippen molar-refractivity contribution in [3.63, 3.8) is 0 Å². The normalized spacial score (nSPS) is 10.6. The zero-order valence-corrected chi connectivity index (χ0v) is 18.4. The van der Waals surface area contributed by atoms with E-state index in [-0.39, 0.29) is 13.2 Å². The molecule has 0 fully saturated rings. The Kier molecular flexibility index (Phi) is 7.68. The molecule has 0 aliphatic heterocycles. The minimum Gasteiger partial charge on any atom is -0.494 e. The molecule has 1 aromatic heterocycles. The molecule has 3 aromatic rings. The van der Waals surface area contributed by atoms with E-state index < -0.39 is 5.97 Å². The van der Waals surface area contributed by atoms with Crippen LogP contribution in [0.2, 0.25) is 0 Å². The third-order valence-corrected chi connectivity index (χ3v) is 5.98. The molecule has 0 N–H and O–H groups in total. The second-order valence-electron chi connectivity index (χ2n) is 5.69. The molecule has 2 aromatic carbocycles. The van der Waals surface area contributed by atoms with Crippen molar-refractivity contribution in [3.05, 3.63) is 58.0 Å². The van der Waals surface area contributed by atoms with Gasteiger partial charge in [0.1, 0.15) is 24.7 Å². The van der Waals surface area contributed by atoms with Crippen LogP contribution in [0, 0.1) is 3.95 Å². The SMILES string of the molecule is CCOc1ccc(OCCOC(=O)c2ccc(-n3nc(SC)sc3=S)cc2)cc1. The van der Waals surface area contributed by atoms with Gasteiger partial charge in [0.15, 0.2) is 8.29 Å². The fraction of sp³-hybridized carbons (Fsp3) is 0.250. The molecule has 6 nitrogen and oxygen atoms in total. The molecule has 9 heteroatoms. The summed E-state index contributed by atoms with van der Waals surface area (Å²) in [5.74, 6) is 1.08. The molecule has 3 rings (SSSR count). The van der Waals surface area contributed by atoms with Crippen molar-refractivity contribution in [1.29, 1.82) is 0 Å². The molecule has 1 heterocycles. The summed E-state index contributed by atoms with van der Waals surface area (Å²) in [5.41, 5.74) is 1.27. The van der Waals surface area contributed by atoms with E-state index in [1.165, 1.54) is 11.3 Å². The van der Waals surface area contributed by atoms with Gasteiger partial charge >= 0.3 is 5.97 Å². The quantitative estimate of drug-likeness (QED) is 0.197. The van der Waals surface area contributed by atoms with E-state index >= 15 is 0 Å². The van der Waals surface area contributed by atoms with Crippen molar-refractivity contribution in [2.45, 2.75) is 11.3 Å². The van der Waals surface area contributed by atoms with Gasteiger partial charge in [-0.25, -0.2) is 9.48 Å². The summed E-state index contributed by atoms with van der Waals surface area (Å²) in [4.78, 5) is 12.2. The standard InChI is InChI=1S/C20H20N2O4S3/c1-3-24-16-8-10-17(11-9-16)25-12-13-26-18(23)14-4-6-15(7-5-14)22-20(27)29-19(21-22)28-2/h4-11H,3,12-13H2,1-2H3. The molecule has 0 atom stereocenters. The van der Waals surface area contributed by atoms with Crippen molar-refractivity contribution in [3.8, 4) is 17.2 Å². The van der Waals surface area contributed by atoms with E-state index in [4.69, 9.17) is 26.4 Å². The van der Waals surface area contributed by atoms with Gasteiger partial charge in [0.05, 0.1) is 17.9 Å². The number of benzene rings is 2. The number of rotatable bonds is 9. The molecule has 0 saturated heterocycles. The maximum absolute atomic E-state index is 12.2. The van der Waals surface area contributed by atoms with E-state index in [9.17, 15) is 4.79 Å². The lowest BCUT2D eigenvalue weighted by Gasteiger charge is -2.09. The first-order valence-corrected chi connectivity index (χ1v) is 11.3. The molecule has 0 unspecified atom stereocenters. The highest BCUT2D eigenvalue weighted by Gasteiger charge is 2.09. The lowest BCUT2D eigenvalue weighted by atomic mass is 10.2. The smallest absolute Gasteiger partial charge is 0.338 e. The summed E-state index contributed by atoms with van der Waals surface area (Å²) >= 11 is 8.33. The number of aromatic nitrogens is 2. The first kappa shape index (κ1) is 21.4. The fourth-order valence-electron chi connectivity index (χ4n) is 2.42. The second kappa shape index (κ2) is 10.4. The van der Waals surface area contributed by atoms with Gasteiger partial charge in [-0.05, 0) is 73.9 Å². The highest BCUT2D eigenvalue weighted by atomic mass is 32.2. The van der Waals surface area contributed by atoms with Crippen LogP contribution < -0.4 is 9.47 Å². The van der Waals surface area contributed by atoms with E-state index in [1.807, 2.05) is 37.4 Å². The summed E-state index contributed by atoms with van der Waals surface area (Å²) in [6.07, 6.45) is 1.96. The molecule has 0 spiro atoms. The molecular formula is C20H20N2O4S3. The van der Waals surface area contributed by atoms with Crippen LogP contribution in [0.25, 0.3) is 5.69 Å². The van der Waals surface area contributed by atoms with Gasteiger partial charge in [0.25, 0.3) is 0 Å². The van der Waals surface area contributed by atoms with Gasteiger partial charge in [-0.15, -0.1) is 5.10 Å². The predicted molar refractivity (Wildman–Crippen MR) is 117 cm³/mol. The Hall–Kier alpha value is -2.36. The van der Waals surface area contributed by atoms with E-state index in [0.717, 1.165) is 15.8 Å². The van der Waals surface area contributed by atoms with Crippen molar-refractivity contribution in [2.24, 2.45) is 0 Å². The maximum Gasteiger partial charge on any atom is 0.338 e. The van der Waals surface area contributed by atoms with Crippen molar-refractivity contribution >= 4 is 41.3 Å². The van der Waals surface area contributed by atoms with Gasteiger partial charge in [0, 0.05) is 0 Å². The number of esters is 1. The van der Waals surface area contributed by atoms with Gasteiger partial charge in [0.2, 0.25) is 0 Å². The lowest BCUT2D eigenvalue weighted by Crippen LogP contribution is -2.12. The molecule has 29 heavy (non-hydrogen) atoms. The second-order valence-corrected chi connectivity index (χ2v) is 8.36. The van der Waals surface area contributed by atoms with Gasteiger partial charge in [-0.1, -0.05) is 23.1 Å². The molecular weight excluding hydrogens is 428 g/mol. The van der Waals surface area contributed by atoms with Gasteiger partial charge in [-0.3, -0.25) is 0 Å². The number of nitrogens with zero attached hydrogens (tertiary/aromatic N) is 2. The third-order valence-electron chi connectivity index (χ3n) is 3.77. The Morgan fingerprint density at radius 3 is 2.31 bits per heavy atom. The Balaban J connectivity index is 1.49. The predicted octanol–water partition coefficient (Wildman–Crippen LogP) is 5.02. The summed E-state index contributed by atoms with van der Waals surface area (Å²) in [6, 6.07) is 14.3. The van der Waals surface area contributed by atoms with Crippen LogP contribution in [0.5, 0.6) is 11.5 Å². The Labute approximate surface area is 182 Å². The van der Waals surface area contributed by atoms with Crippen LogP contribution in [0.4, 0.5) is 0 Å². The fourth-order valence-corrected chi connectivity index (χ4v) is 4.20. The molecule has 0 amide bonds. The molecule has 0 saturated carbocycles. The van der Waals surface area contributed by atoms with Crippen molar-refractivity contribution in [1.82, 2.24) is 9.78 Å². The van der Waals surface area contributed by atoms with Crippen molar-refractivity contribution < 1.29 is 19.0 Å². The van der Waals surface area contributed by atoms with Crippen LogP contribution in [-0.4, -0.2) is 41.8 Å². The Morgan fingerprint density at radius 2 is 1.72 bits per heavy atom. The average Bonchev–Trinajstić information content (AvgIpc) is 3.13. The molecule has 152 valence electrons. The number of carbonyl (C=O) groups is 1. The van der Waals surface area contributed by atoms with Crippen LogP contribution in [0.1, 0.15) is 17.3 Å². The summed E-state index contributed by atoms with van der Waals surface area (Å²) < 4.78 is 19.5. The Bertz CT molecular complexity index is 998. The first-order chi connectivity index (χ1) is 14.1. The van der Waals surface area contributed by atoms with E-state index in [1.54, 1.807) is 40.7 Å². The first-order valence-electron chi connectivity index (χ1n) is 8.88. The number of ether oxygens (including phenoxy) is 3. The lowest BCUT2D eigenvalue weighted by molar-refractivity contribution is 0.0450. The number of hydrogen-bond donors (Lipinski definition) is 0. The summed E-state index contributed by atoms with van der Waals surface area (Å²) in [7, 11) is 0. The average molecular weight is 449 g/mol. The van der Waals surface area contributed by atoms with Crippen LogP contribution in [0.15, 0.2) is 52.9 Å². The highest BCUT2D eigenvalue weighted by Crippen LogP contribution is 2.22. The Morgan fingerprint density at radius 1 is 1.07 bits per heavy atom. The van der Waals surface area contributed by atoms with Gasteiger partial charge < -0.3 is 14.2 Å². The monoisotopic (exact) mass is 448 g/mol. The number of carbonyl (C=O) groups excluding carboxylic acids is 1. The summed E-state index contributed by atoms with van der Waals surface area (Å²) in [6.45, 7) is 2.97. The largest absolute Gasteiger partial charge is 0.494 e.